The number of hydrogen-bond acceptors (Lipinski definition) is 3. The van der Waals surface area contributed by atoms with Gasteiger partial charge in [-0.2, -0.15) is 0 Å². The lowest BCUT2D eigenvalue weighted by molar-refractivity contribution is -0.141. The number of rotatable bonds is 3. The molecule has 3 N–H and O–H groups in total. The van der Waals surface area contributed by atoms with Crippen LogP contribution in [0.4, 0.5) is 0 Å². The van der Waals surface area contributed by atoms with Crippen molar-refractivity contribution >= 4 is 11.9 Å². The fourth-order valence-electron chi connectivity index (χ4n) is 3.64. The maximum absolute atomic E-state index is 12.4. The number of amides is 1. The molecule has 1 amide bonds. The van der Waals surface area contributed by atoms with E-state index in [1.165, 1.54) is 0 Å². The lowest BCUT2D eigenvalue weighted by Crippen LogP contribution is -2.54. The molecule has 100 valence electrons. The Balaban J connectivity index is 1.69. The van der Waals surface area contributed by atoms with E-state index in [2.05, 4.69) is 0 Å². The predicted octanol–water partition coefficient (Wildman–Crippen LogP) is 0.722. The highest BCUT2D eigenvalue weighted by molar-refractivity contribution is 5.90. The molecule has 2 bridgehead atoms. The summed E-state index contributed by atoms with van der Waals surface area (Å²) in [4.78, 5) is 25.1. The minimum absolute atomic E-state index is 0.115. The van der Waals surface area contributed by atoms with Gasteiger partial charge >= 0.3 is 5.97 Å². The van der Waals surface area contributed by atoms with Gasteiger partial charge in [0.25, 0.3) is 0 Å². The third-order valence-electron chi connectivity index (χ3n) is 4.74. The topological polar surface area (TPSA) is 83.6 Å². The molecule has 3 aliphatic rings. The molecule has 2 aliphatic heterocycles. The Morgan fingerprint density at radius 2 is 1.78 bits per heavy atom. The Bertz CT molecular complexity index is 378. The van der Waals surface area contributed by atoms with Gasteiger partial charge in [-0.1, -0.05) is 0 Å². The summed E-state index contributed by atoms with van der Waals surface area (Å²) in [6.07, 6.45) is 5.56. The first-order valence-electron chi connectivity index (χ1n) is 6.83. The number of nitrogens with zero attached hydrogens (tertiary/aromatic N) is 1. The van der Waals surface area contributed by atoms with Gasteiger partial charge in [0.05, 0.1) is 5.54 Å². The van der Waals surface area contributed by atoms with Gasteiger partial charge in [-0.3, -0.25) is 9.59 Å². The Hall–Kier alpha value is -1.10. The summed E-state index contributed by atoms with van der Waals surface area (Å²) in [6, 6.07) is 0.475. The van der Waals surface area contributed by atoms with Crippen LogP contribution in [0, 0.1) is 5.92 Å². The number of carbonyl (C=O) groups excluding carboxylic acids is 1. The minimum Gasteiger partial charge on any atom is -0.481 e. The molecule has 3 fully saturated rings. The number of carboxylic acids is 1. The number of carbonyl (C=O) groups is 2. The third-order valence-corrected chi connectivity index (χ3v) is 4.74. The van der Waals surface area contributed by atoms with Gasteiger partial charge in [0.2, 0.25) is 5.91 Å². The van der Waals surface area contributed by atoms with Crippen LogP contribution in [0.1, 0.15) is 44.9 Å². The highest BCUT2D eigenvalue weighted by Crippen LogP contribution is 2.44. The van der Waals surface area contributed by atoms with Gasteiger partial charge in [0.15, 0.2) is 0 Å². The maximum atomic E-state index is 12.4. The quantitative estimate of drug-likeness (QED) is 0.775. The third kappa shape index (κ3) is 1.90. The smallest absolute Gasteiger partial charge is 0.303 e. The van der Waals surface area contributed by atoms with E-state index in [1.54, 1.807) is 0 Å². The highest BCUT2D eigenvalue weighted by Gasteiger charge is 2.53. The van der Waals surface area contributed by atoms with Gasteiger partial charge in [-0.25, -0.2) is 0 Å². The van der Waals surface area contributed by atoms with Gasteiger partial charge in [-0.15, -0.1) is 0 Å². The Morgan fingerprint density at radius 3 is 2.22 bits per heavy atom. The first kappa shape index (κ1) is 12.0. The van der Waals surface area contributed by atoms with E-state index >= 15 is 0 Å². The van der Waals surface area contributed by atoms with Crippen LogP contribution < -0.4 is 5.73 Å². The molecule has 2 unspecified atom stereocenters. The van der Waals surface area contributed by atoms with Crippen molar-refractivity contribution in [3.05, 3.63) is 0 Å². The summed E-state index contributed by atoms with van der Waals surface area (Å²) in [5.41, 5.74) is 5.42. The van der Waals surface area contributed by atoms with E-state index in [1.807, 2.05) is 4.90 Å². The molecule has 18 heavy (non-hydrogen) atoms. The van der Waals surface area contributed by atoms with Crippen LogP contribution >= 0.6 is 0 Å². The van der Waals surface area contributed by atoms with Crippen LogP contribution in [0.25, 0.3) is 0 Å². The second kappa shape index (κ2) is 3.95. The second-order valence-corrected chi connectivity index (χ2v) is 6.19. The fourth-order valence-corrected chi connectivity index (χ4v) is 3.64. The van der Waals surface area contributed by atoms with Crippen LogP contribution in [0.2, 0.25) is 0 Å². The van der Waals surface area contributed by atoms with E-state index in [0.29, 0.717) is 0 Å². The second-order valence-electron chi connectivity index (χ2n) is 6.19. The summed E-state index contributed by atoms with van der Waals surface area (Å²) in [7, 11) is 0. The molecule has 1 aliphatic carbocycles. The van der Waals surface area contributed by atoms with Crippen molar-refractivity contribution in [1.29, 1.82) is 0 Å². The average molecular weight is 252 g/mol. The van der Waals surface area contributed by atoms with Crippen LogP contribution in [0.3, 0.4) is 0 Å². The first-order valence-corrected chi connectivity index (χ1v) is 6.83. The van der Waals surface area contributed by atoms with E-state index in [-0.39, 0.29) is 30.3 Å². The van der Waals surface area contributed by atoms with Gasteiger partial charge in [0.1, 0.15) is 0 Å². The summed E-state index contributed by atoms with van der Waals surface area (Å²) >= 11 is 0. The lowest BCUT2D eigenvalue weighted by Gasteiger charge is -2.40. The SMILES string of the molecule is NC1(C(=O)N2C3CCC2CC(CC(=O)O)C3)CC1. The molecule has 0 aromatic heterocycles. The fraction of sp³-hybridized carbons (Fsp3) is 0.846. The monoisotopic (exact) mass is 252 g/mol. The van der Waals surface area contributed by atoms with Gasteiger partial charge < -0.3 is 15.7 Å². The number of aliphatic carboxylic acids is 1. The zero-order chi connectivity index (χ0) is 12.9. The van der Waals surface area contributed by atoms with Crippen molar-refractivity contribution < 1.29 is 14.7 Å². The Morgan fingerprint density at radius 1 is 1.22 bits per heavy atom. The normalized spacial score (nSPS) is 36.5. The zero-order valence-corrected chi connectivity index (χ0v) is 10.5. The van der Waals surface area contributed by atoms with E-state index < -0.39 is 11.5 Å². The lowest BCUT2D eigenvalue weighted by atomic mass is 9.87. The number of piperidine rings is 1. The molecule has 1 saturated carbocycles. The highest BCUT2D eigenvalue weighted by atomic mass is 16.4. The predicted molar refractivity (Wildman–Crippen MR) is 64.8 cm³/mol. The molecule has 5 nitrogen and oxygen atoms in total. The zero-order valence-electron chi connectivity index (χ0n) is 10.5. The van der Waals surface area contributed by atoms with Crippen molar-refractivity contribution in [3.8, 4) is 0 Å². The summed E-state index contributed by atoms with van der Waals surface area (Å²) < 4.78 is 0. The van der Waals surface area contributed by atoms with Crippen molar-refractivity contribution in [1.82, 2.24) is 4.90 Å². The molecule has 0 aromatic rings. The van der Waals surface area contributed by atoms with Crippen LogP contribution in [-0.2, 0) is 9.59 Å². The van der Waals surface area contributed by atoms with Crippen LogP contribution in [0.5, 0.6) is 0 Å². The molecule has 0 radical (unpaired) electrons. The molecular weight excluding hydrogens is 232 g/mol. The van der Waals surface area contributed by atoms with Gasteiger partial charge in [-0.05, 0) is 44.4 Å². The molecule has 2 heterocycles. The van der Waals surface area contributed by atoms with Crippen molar-refractivity contribution in [3.63, 3.8) is 0 Å². The summed E-state index contributed by atoms with van der Waals surface area (Å²) in [5, 5.41) is 8.87. The molecular formula is C13H20N2O3. The Kier molecular flexibility index (Phi) is 2.62. The van der Waals surface area contributed by atoms with E-state index in [0.717, 1.165) is 38.5 Å². The standard InChI is InChI=1S/C13H20N2O3/c14-13(3-4-13)12(18)15-9-1-2-10(15)6-8(5-9)7-11(16)17/h8-10H,1-7,14H2,(H,16,17). The number of hydrogen-bond donors (Lipinski definition) is 2. The number of carboxylic acid groups (broad SMARTS) is 1. The molecule has 2 atom stereocenters. The molecule has 0 spiro atoms. The number of nitrogens with two attached hydrogens (primary N) is 1. The van der Waals surface area contributed by atoms with Gasteiger partial charge in [0, 0.05) is 18.5 Å². The first-order chi connectivity index (χ1) is 8.49. The van der Waals surface area contributed by atoms with Crippen molar-refractivity contribution in [2.75, 3.05) is 0 Å². The van der Waals surface area contributed by atoms with E-state index in [9.17, 15) is 9.59 Å². The van der Waals surface area contributed by atoms with Crippen molar-refractivity contribution in [2.24, 2.45) is 11.7 Å². The van der Waals surface area contributed by atoms with Crippen LogP contribution in [0.15, 0.2) is 0 Å². The van der Waals surface area contributed by atoms with Crippen molar-refractivity contribution in [2.45, 2.75) is 62.6 Å². The molecule has 5 heteroatoms. The molecule has 3 rings (SSSR count). The summed E-state index contributed by atoms with van der Waals surface area (Å²) in [6.45, 7) is 0. The maximum Gasteiger partial charge on any atom is 0.303 e. The minimum atomic E-state index is -0.725. The molecule has 2 saturated heterocycles. The Labute approximate surface area is 106 Å². The summed E-state index contributed by atoms with van der Waals surface area (Å²) in [5.74, 6) is -0.377. The average Bonchev–Trinajstić information content (AvgIpc) is 2.98. The van der Waals surface area contributed by atoms with E-state index in [4.69, 9.17) is 10.8 Å². The van der Waals surface area contributed by atoms with Crippen LogP contribution in [-0.4, -0.2) is 39.5 Å². The largest absolute Gasteiger partial charge is 0.481 e. The number of fused-ring (bicyclic) bond motifs is 2. The molecule has 0 aromatic carbocycles.